The number of hydrogen-bond donors (Lipinski definition) is 2. The van der Waals surface area contributed by atoms with Gasteiger partial charge in [0.1, 0.15) is 17.5 Å². The molecule has 0 bridgehead atoms. The van der Waals surface area contributed by atoms with Gasteiger partial charge in [0.15, 0.2) is 0 Å². The van der Waals surface area contributed by atoms with Gasteiger partial charge < -0.3 is 15.4 Å². The molecule has 5 nitrogen and oxygen atoms in total. The summed E-state index contributed by atoms with van der Waals surface area (Å²) in [5.41, 5.74) is -5.41. The molecule has 2 aromatic rings. The monoisotopic (exact) mass is 420 g/mol. The highest BCUT2D eigenvalue weighted by Crippen LogP contribution is 2.34. The van der Waals surface area contributed by atoms with Crippen molar-refractivity contribution in [1.82, 2.24) is 5.32 Å². The number of amides is 1. The Morgan fingerprint density at radius 2 is 1.66 bits per heavy atom. The third-order valence-corrected chi connectivity index (χ3v) is 3.65. The van der Waals surface area contributed by atoms with Crippen LogP contribution in [-0.4, -0.2) is 30.3 Å². The maximum absolute atomic E-state index is 14.0. The molecule has 11 heteroatoms. The maximum Gasteiger partial charge on any atom is 0.441 e. The van der Waals surface area contributed by atoms with E-state index in [-0.39, 0.29) is 6.07 Å². The van der Waals surface area contributed by atoms with Crippen LogP contribution >= 0.6 is 0 Å². The molecule has 2 rings (SSSR count). The van der Waals surface area contributed by atoms with E-state index in [1.807, 2.05) is 0 Å². The van der Waals surface area contributed by atoms with E-state index < -0.39 is 59.0 Å². The first-order valence-electron chi connectivity index (χ1n) is 8.05. The number of rotatable bonds is 6. The number of carbonyl (C=O) groups is 2. The SMILES string of the molecule is CCOC(=O)[C@](NC(=O)c1cccc(F)c1)(Nc1ccc(F)cc1F)C(F)(F)F. The molecule has 0 saturated carbocycles. The number of carbonyl (C=O) groups excluding carboxylic acids is 2. The fraction of sp³-hybridized carbons (Fsp3) is 0.222. The Balaban J connectivity index is 2.55. The van der Waals surface area contributed by atoms with E-state index >= 15 is 0 Å². The highest BCUT2D eigenvalue weighted by Gasteiger charge is 2.64. The summed E-state index contributed by atoms with van der Waals surface area (Å²) in [6.45, 7) is 0.714. The molecule has 0 spiro atoms. The summed E-state index contributed by atoms with van der Waals surface area (Å²) in [6.07, 6.45) is -5.54. The molecule has 29 heavy (non-hydrogen) atoms. The molecule has 0 fully saturated rings. The van der Waals surface area contributed by atoms with Gasteiger partial charge in [0.05, 0.1) is 12.3 Å². The second kappa shape index (κ2) is 8.41. The van der Waals surface area contributed by atoms with E-state index in [0.717, 1.165) is 18.2 Å². The largest absolute Gasteiger partial charge is 0.463 e. The predicted octanol–water partition coefficient (Wildman–Crippen LogP) is 3.77. The average molecular weight is 420 g/mol. The lowest BCUT2D eigenvalue weighted by atomic mass is 10.1. The zero-order valence-corrected chi connectivity index (χ0v) is 14.7. The zero-order valence-electron chi connectivity index (χ0n) is 14.7. The Morgan fingerprint density at radius 1 is 1.00 bits per heavy atom. The number of esters is 1. The van der Waals surface area contributed by atoms with Crippen molar-refractivity contribution in [3.8, 4) is 0 Å². The first-order valence-corrected chi connectivity index (χ1v) is 8.05. The van der Waals surface area contributed by atoms with Crippen LogP contribution in [0.3, 0.4) is 0 Å². The summed E-state index contributed by atoms with van der Waals surface area (Å²) in [4.78, 5) is 24.6. The van der Waals surface area contributed by atoms with Crippen LogP contribution in [0.25, 0.3) is 0 Å². The number of nitrogens with one attached hydrogen (secondary N) is 2. The molecule has 2 N–H and O–H groups in total. The second-order valence-corrected chi connectivity index (χ2v) is 5.68. The maximum atomic E-state index is 14.0. The minimum Gasteiger partial charge on any atom is -0.463 e. The van der Waals surface area contributed by atoms with Gasteiger partial charge in [-0.2, -0.15) is 13.2 Å². The molecule has 0 aliphatic heterocycles. The summed E-state index contributed by atoms with van der Waals surface area (Å²) in [7, 11) is 0. The van der Waals surface area contributed by atoms with E-state index in [4.69, 9.17) is 0 Å². The van der Waals surface area contributed by atoms with Gasteiger partial charge in [-0.3, -0.25) is 4.79 Å². The summed E-state index contributed by atoms with van der Waals surface area (Å²) < 4.78 is 86.6. The topological polar surface area (TPSA) is 67.4 Å². The molecule has 0 saturated heterocycles. The van der Waals surface area contributed by atoms with Gasteiger partial charge in [-0.15, -0.1) is 0 Å². The lowest BCUT2D eigenvalue weighted by Gasteiger charge is -2.35. The molecular weight excluding hydrogens is 406 g/mol. The van der Waals surface area contributed by atoms with Gasteiger partial charge in [0.2, 0.25) is 0 Å². The van der Waals surface area contributed by atoms with Crippen LogP contribution in [0.5, 0.6) is 0 Å². The van der Waals surface area contributed by atoms with Crippen LogP contribution in [0.2, 0.25) is 0 Å². The molecule has 1 amide bonds. The Hall–Kier alpha value is -3.24. The summed E-state index contributed by atoms with van der Waals surface area (Å²) >= 11 is 0. The lowest BCUT2D eigenvalue weighted by Crippen LogP contribution is -2.69. The number of halogens is 6. The molecule has 0 radical (unpaired) electrons. The van der Waals surface area contributed by atoms with E-state index in [0.29, 0.717) is 18.2 Å². The van der Waals surface area contributed by atoms with Crippen LogP contribution in [-0.2, 0) is 9.53 Å². The van der Waals surface area contributed by atoms with Gasteiger partial charge in [0, 0.05) is 11.6 Å². The minimum atomic E-state index is -5.54. The second-order valence-electron chi connectivity index (χ2n) is 5.68. The normalized spacial score (nSPS) is 13.3. The lowest BCUT2D eigenvalue weighted by molar-refractivity contribution is -0.204. The molecular formula is C18H14F6N2O3. The van der Waals surface area contributed by atoms with Crippen molar-refractivity contribution in [2.45, 2.75) is 18.8 Å². The van der Waals surface area contributed by atoms with Gasteiger partial charge in [-0.1, -0.05) is 6.07 Å². The Labute approximate surface area is 160 Å². The number of alkyl halides is 3. The van der Waals surface area contributed by atoms with Crippen molar-refractivity contribution >= 4 is 17.6 Å². The van der Waals surface area contributed by atoms with Crippen LogP contribution < -0.4 is 10.6 Å². The van der Waals surface area contributed by atoms with Crippen molar-refractivity contribution in [3.63, 3.8) is 0 Å². The molecule has 0 heterocycles. The van der Waals surface area contributed by atoms with Gasteiger partial charge in [0.25, 0.3) is 5.91 Å². The van der Waals surface area contributed by atoms with Crippen molar-refractivity contribution in [3.05, 3.63) is 65.5 Å². The number of ether oxygens (including phenoxy) is 1. The number of hydrogen-bond acceptors (Lipinski definition) is 4. The molecule has 0 aromatic heterocycles. The highest BCUT2D eigenvalue weighted by molar-refractivity contribution is 5.99. The Morgan fingerprint density at radius 3 is 2.21 bits per heavy atom. The van der Waals surface area contributed by atoms with Crippen LogP contribution in [0.15, 0.2) is 42.5 Å². The number of benzene rings is 2. The van der Waals surface area contributed by atoms with Crippen molar-refractivity contribution in [2.24, 2.45) is 0 Å². The third-order valence-electron chi connectivity index (χ3n) is 3.65. The van der Waals surface area contributed by atoms with Crippen molar-refractivity contribution in [2.75, 3.05) is 11.9 Å². The summed E-state index contributed by atoms with van der Waals surface area (Å²) in [6, 6.07) is 5.19. The van der Waals surface area contributed by atoms with E-state index in [1.54, 1.807) is 5.32 Å². The van der Waals surface area contributed by atoms with E-state index in [9.17, 15) is 35.9 Å². The zero-order chi connectivity index (χ0) is 21.8. The van der Waals surface area contributed by atoms with E-state index in [2.05, 4.69) is 4.74 Å². The Bertz CT molecular complexity index is 919. The molecule has 156 valence electrons. The Kier molecular flexibility index (Phi) is 6.40. The molecule has 0 unspecified atom stereocenters. The van der Waals surface area contributed by atoms with Gasteiger partial charge in [-0.05, 0) is 37.3 Å². The van der Waals surface area contributed by atoms with Crippen LogP contribution in [0, 0.1) is 17.5 Å². The smallest absolute Gasteiger partial charge is 0.441 e. The van der Waals surface area contributed by atoms with E-state index in [1.165, 1.54) is 12.2 Å². The first-order chi connectivity index (χ1) is 13.5. The minimum absolute atomic E-state index is 0.281. The first kappa shape index (κ1) is 22.1. The molecule has 0 aliphatic carbocycles. The molecule has 1 atom stereocenters. The quantitative estimate of drug-likeness (QED) is 0.424. The number of anilines is 1. The van der Waals surface area contributed by atoms with Crippen molar-refractivity contribution < 1.29 is 40.7 Å². The standard InChI is InChI=1S/C18H14F6N2O3/c1-2-29-16(28)17(18(22,23)24,25-14-7-6-12(20)9-13(14)21)26-15(27)10-4-3-5-11(19)8-10/h3-9,25H,2H2,1H3,(H,26,27)/t17-/m1/s1. The summed E-state index contributed by atoms with van der Waals surface area (Å²) in [5.74, 6) is -6.94. The average Bonchev–Trinajstić information content (AvgIpc) is 2.62. The molecule has 0 aliphatic rings. The third kappa shape index (κ3) is 4.79. The van der Waals surface area contributed by atoms with Crippen LogP contribution in [0.4, 0.5) is 32.0 Å². The van der Waals surface area contributed by atoms with Gasteiger partial charge in [-0.25, -0.2) is 18.0 Å². The predicted molar refractivity (Wildman–Crippen MR) is 89.3 cm³/mol. The van der Waals surface area contributed by atoms with Gasteiger partial charge >= 0.3 is 17.8 Å². The van der Waals surface area contributed by atoms with Crippen LogP contribution in [0.1, 0.15) is 17.3 Å². The fourth-order valence-electron chi connectivity index (χ4n) is 2.30. The molecule has 2 aromatic carbocycles. The summed E-state index contributed by atoms with van der Waals surface area (Å²) in [5, 5.41) is 2.97. The van der Waals surface area contributed by atoms with Crippen molar-refractivity contribution in [1.29, 1.82) is 0 Å². The fourth-order valence-corrected chi connectivity index (χ4v) is 2.30. The highest BCUT2D eigenvalue weighted by atomic mass is 19.4.